The Hall–Kier alpha value is -8.44. The minimum absolute atomic E-state index is 0.416. The summed E-state index contributed by atoms with van der Waals surface area (Å²) in [4.78, 5) is 54.3. The second-order valence-corrected chi connectivity index (χ2v) is 19.1. The van der Waals surface area contributed by atoms with Crippen LogP contribution in [0.5, 0.6) is 0 Å². The zero-order chi connectivity index (χ0) is 57.3. The van der Waals surface area contributed by atoms with Gasteiger partial charge in [-0.2, -0.15) is 0 Å². The van der Waals surface area contributed by atoms with Crippen molar-refractivity contribution in [1.29, 1.82) is 0 Å². The molecule has 432 valence electrons. The SMILES string of the molecule is C1=NCCOCCOCCN=Cc2ccc(cn2)COCc2ccc(nc2)-c2ccc(cn2)COCc2ccc(nc2)C=NCCOCCOCCN=Cc2ccc(cn2)COCc2ccc(nc2)-c2ccc(cn2)COCc2ccc1nc2. The lowest BCUT2D eigenvalue weighted by atomic mass is 10.2. The van der Waals surface area contributed by atoms with Crippen LogP contribution >= 0.6 is 0 Å². The fraction of sp³-hybridized carbons (Fsp3) is 0.312. The van der Waals surface area contributed by atoms with E-state index in [0.29, 0.717) is 132 Å². The van der Waals surface area contributed by atoms with Crippen molar-refractivity contribution in [1.82, 2.24) is 39.9 Å². The van der Waals surface area contributed by atoms with Crippen molar-refractivity contribution in [2.24, 2.45) is 20.0 Å². The van der Waals surface area contributed by atoms with E-state index in [0.717, 1.165) is 90.1 Å². The quantitative estimate of drug-likeness (QED) is 0.139. The highest BCUT2D eigenvalue weighted by molar-refractivity contribution is 5.78. The number of aromatic nitrogens is 8. The van der Waals surface area contributed by atoms with Gasteiger partial charge in [0, 0.05) is 74.4 Å². The van der Waals surface area contributed by atoms with Crippen LogP contribution in [0.25, 0.3) is 22.8 Å². The number of pyridine rings is 8. The normalized spacial score (nSPS) is 16.0. The lowest BCUT2D eigenvalue weighted by molar-refractivity contribution is 0.0541. The molecule has 13 aliphatic rings. The van der Waals surface area contributed by atoms with Crippen molar-refractivity contribution in [3.63, 3.8) is 0 Å². The third kappa shape index (κ3) is 21.7. The summed E-state index contributed by atoms with van der Waals surface area (Å²) in [6.07, 6.45) is 21.4. The highest BCUT2D eigenvalue weighted by Gasteiger charge is 2.08. The Labute approximate surface area is 489 Å². The Balaban J connectivity index is 0.694. The molecule has 0 aromatic carbocycles. The molecule has 0 radical (unpaired) electrons. The molecule has 0 unspecified atom stereocenters. The van der Waals surface area contributed by atoms with Gasteiger partial charge in [0.25, 0.3) is 0 Å². The highest BCUT2D eigenvalue weighted by Crippen LogP contribution is 2.19. The van der Waals surface area contributed by atoms with Crippen molar-refractivity contribution >= 4 is 24.9 Å². The van der Waals surface area contributed by atoms with Crippen LogP contribution < -0.4 is 0 Å². The third-order valence-corrected chi connectivity index (χ3v) is 12.5. The first-order valence-electron chi connectivity index (χ1n) is 27.8. The Morgan fingerprint density at radius 2 is 0.405 bits per heavy atom. The van der Waals surface area contributed by atoms with Crippen molar-refractivity contribution in [2.45, 2.75) is 52.9 Å². The summed E-state index contributed by atoms with van der Waals surface area (Å²) in [7, 11) is 0. The molecule has 8 aromatic heterocycles. The van der Waals surface area contributed by atoms with Crippen LogP contribution in [0.1, 0.15) is 67.3 Å². The highest BCUT2D eigenvalue weighted by atomic mass is 16.5. The summed E-state index contributed by atoms with van der Waals surface area (Å²) in [5, 5.41) is 0. The molecule has 21 heterocycles. The molecule has 0 saturated heterocycles. The van der Waals surface area contributed by atoms with Crippen molar-refractivity contribution < 1.29 is 37.9 Å². The predicted molar refractivity (Wildman–Crippen MR) is 319 cm³/mol. The molecular formula is C64H68N12O8. The Bertz CT molecular complexity index is 2820. The van der Waals surface area contributed by atoms with Gasteiger partial charge in [0.05, 0.1) is 177 Å². The average Bonchev–Trinajstić information content (AvgIpc) is 3.65. The fourth-order valence-corrected chi connectivity index (χ4v) is 7.93. The average molecular weight is 1130 g/mol. The number of aliphatic imine (C=N–C) groups is 4. The van der Waals surface area contributed by atoms with Crippen LogP contribution in [0, 0.1) is 0 Å². The molecule has 13 aliphatic heterocycles. The van der Waals surface area contributed by atoms with Gasteiger partial charge in [0.1, 0.15) is 0 Å². The topological polar surface area (TPSA) is 226 Å². The Morgan fingerprint density at radius 1 is 0.202 bits per heavy atom. The van der Waals surface area contributed by atoms with Gasteiger partial charge in [-0.1, -0.05) is 48.5 Å². The molecule has 0 spiro atoms. The molecule has 0 fully saturated rings. The summed E-state index contributed by atoms with van der Waals surface area (Å²) in [6.45, 7) is 9.23. The van der Waals surface area contributed by atoms with Crippen molar-refractivity contribution in [2.75, 3.05) is 79.0 Å². The number of ether oxygens (including phenoxy) is 8. The number of hydrogen-bond donors (Lipinski definition) is 0. The molecule has 21 rings (SSSR count). The summed E-state index contributed by atoms with van der Waals surface area (Å²) >= 11 is 0. The minimum atomic E-state index is 0.416. The largest absolute Gasteiger partial charge is 0.377 e. The van der Waals surface area contributed by atoms with Gasteiger partial charge in [-0.15, -0.1) is 0 Å². The van der Waals surface area contributed by atoms with Crippen LogP contribution in [0.2, 0.25) is 0 Å². The Morgan fingerprint density at radius 3 is 0.583 bits per heavy atom. The van der Waals surface area contributed by atoms with Gasteiger partial charge in [-0.3, -0.25) is 59.8 Å². The molecule has 0 N–H and O–H groups in total. The van der Waals surface area contributed by atoms with E-state index in [1.807, 2.05) is 122 Å². The van der Waals surface area contributed by atoms with E-state index in [2.05, 4.69) is 59.8 Å². The van der Waals surface area contributed by atoms with E-state index < -0.39 is 0 Å². The molecule has 0 aliphatic carbocycles. The van der Waals surface area contributed by atoms with Crippen molar-refractivity contribution in [3.8, 4) is 22.8 Å². The molecule has 8 aromatic rings. The molecule has 0 atom stereocenters. The standard InChI is InChI=1S/C64H68N12O8/c1-9-57-37-65-17-21-77-25-26-78-22-18-66-38-58-10-2-51(31-70-58)43-83-47-55-7-15-63(75-35-55)64-16-8-56(36-76-64)48-84-44-52-4-12-60(72-32-52)40-68-20-24-80-28-27-79-23-19-67-39-59-11-3-50(30-71-59)42-82-46-54-6-14-62(74-34-54)61-13-5-53(33-73-61)45-81-41-49(1)29-69-57/h1-16,29-40H,17-28,41-48H2. The monoisotopic (exact) mass is 1130 g/mol. The fourth-order valence-electron chi connectivity index (χ4n) is 7.93. The van der Waals surface area contributed by atoms with Gasteiger partial charge in [-0.05, 0) is 93.0 Å². The maximum absolute atomic E-state index is 5.96. The van der Waals surface area contributed by atoms with E-state index in [1.54, 1.807) is 49.6 Å². The maximum Gasteiger partial charge on any atom is 0.0886 e. The summed E-state index contributed by atoms with van der Waals surface area (Å²) in [6, 6.07) is 31.4. The van der Waals surface area contributed by atoms with Crippen LogP contribution in [-0.4, -0.2) is 144 Å². The zero-order valence-corrected chi connectivity index (χ0v) is 46.9. The van der Waals surface area contributed by atoms with Gasteiger partial charge in [0.2, 0.25) is 0 Å². The predicted octanol–water partition coefficient (Wildman–Crippen LogP) is 8.50. The van der Waals surface area contributed by atoms with E-state index >= 15 is 0 Å². The van der Waals surface area contributed by atoms with Crippen LogP contribution in [0.15, 0.2) is 167 Å². The molecular weight excluding hydrogens is 1060 g/mol. The van der Waals surface area contributed by atoms with Gasteiger partial charge < -0.3 is 37.9 Å². The smallest absolute Gasteiger partial charge is 0.0886 e. The third-order valence-electron chi connectivity index (χ3n) is 12.5. The summed E-state index contributed by atoms with van der Waals surface area (Å²) in [5.41, 5.74) is 13.8. The Kier molecular flexibility index (Phi) is 25.0. The van der Waals surface area contributed by atoms with Gasteiger partial charge >= 0.3 is 0 Å². The minimum Gasteiger partial charge on any atom is -0.377 e. The molecule has 84 heavy (non-hydrogen) atoms. The zero-order valence-electron chi connectivity index (χ0n) is 46.9. The molecule has 20 heteroatoms. The van der Waals surface area contributed by atoms with E-state index in [1.165, 1.54) is 0 Å². The first-order valence-corrected chi connectivity index (χ1v) is 27.8. The molecule has 0 saturated carbocycles. The van der Waals surface area contributed by atoms with E-state index in [4.69, 9.17) is 37.9 Å². The van der Waals surface area contributed by atoms with Gasteiger partial charge in [0.15, 0.2) is 0 Å². The first-order chi connectivity index (χ1) is 41.6. The lowest BCUT2D eigenvalue weighted by Gasteiger charge is -2.07. The summed E-state index contributed by atoms with van der Waals surface area (Å²) < 4.78 is 46.5. The number of hydrogen-bond acceptors (Lipinski definition) is 20. The second-order valence-electron chi connectivity index (χ2n) is 19.1. The van der Waals surface area contributed by atoms with Crippen LogP contribution in [-0.2, 0) is 90.7 Å². The molecule has 16 bridgehead atoms. The number of rotatable bonds is 0. The second kappa shape index (κ2) is 34.9. The summed E-state index contributed by atoms with van der Waals surface area (Å²) in [5.74, 6) is 0. The first kappa shape index (κ1) is 60.2. The lowest BCUT2D eigenvalue weighted by Crippen LogP contribution is -2.09. The van der Waals surface area contributed by atoms with Gasteiger partial charge in [-0.25, -0.2) is 0 Å². The molecule has 20 nitrogen and oxygen atoms in total. The maximum atomic E-state index is 5.96. The molecule has 0 amide bonds. The van der Waals surface area contributed by atoms with E-state index in [9.17, 15) is 0 Å². The van der Waals surface area contributed by atoms with Crippen LogP contribution in [0.4, 0.5) is 0 Å². The van der Waals surface area contributed by atoms with Crippen molar-refractivity contribution in [3.05, 3.63) is 214 Å². The van der Waals surface area contributed by atoms with E-state index in [-0.39, 0.29) is 0 Å². The van der Waals surface area contributed by atoms with Crippen LogP contribution in [0.3, 0.4) is 0 Å². The number of nitrogens with zero attached hydrogens (tertiary/aromatic N) is 12.